The van der Waals surface area contributed by atoms with Gasteiger partial charge in [-0.25, -0.2) is 0 Å². The summed E-state index contributed by atoms with van der Waals surface area (Å²) in [6, 6.07) is 5.81. The first-order valence-electron chi connectivity index (χ1n) is 4.93. The van der Waals surface area contributed by atoms with Gasteiger partial charge in [0.25, 0.3) is 0 Å². The molecule has 0 saturated carbocycles. The van der Waals surface area contributed by atoms with Crippen LogP contribution in [0.15, 0.2) is 22.6 Å². The molecule has 0 amide bonds. The minimum Gasteiger partial charge on any atom is -0.493 e. The summed E-state index contributed by atoms with van der Waals surface area (Å²) in [4.78, 5) is 0. The predicted octanol–water partition coefficient (Wildman–Crippen LogP) is 3.01. The zero-order valence-electron chi connectivity index (χ0n) is 9.16. The van der Waals surface area contributed by atoms with Crippen LogP contribution >= 0.6 is 0 Å². The van der Waals surface area contributed by atoms with Gasteiger partial charge >= 0.3 is 0 Å². The fraction of sp³-hybridized carbons (Fsp3) is 0.333. The molecule has 1 aromatic heterocycles. The van der Waals surface area contributed by atoms with Crippen LogP contribution in [-0.2, 0) is 6.42 Å². The molecular formula is C12H14O3. The lowest BCUT2D eigenvalue weighted by atomic mass is 10.2. The quantitative estimate of drug-likeness (QED) is 0.773. The number of methoxy groups -OCH3 is 2. The molecule has 0 atom stereocenters. The SMILES string of the molecule is CCc1cc2cc(OC)c(OC)cc2o1. The van der Waals surface area contributed by atoms with Crippen molar-refractivity contribution in [1.82, 2.24) is 0 Å². The van der Waals surface area contributed by atoms with Crippen LogP contribution in [0.25, 0.3) is 11.0 Å². The molecule has 0 aliphatic rings. The van der Waals surface area contributed by atoms with Crippen molar-refractivity contribution in [3.63, 3.8) is 0 Å². The van der Waals surface area contributed by atoms with Crippen molar-refractivity contribution < 1.29 is 13.9 Å². The molecule has 0 bridgehead atoms. The van der Waals surface area contributed by atoms with E-state index in [1.54, 1.807) is 14.2 Å². The molecule has 0 fully saturated rings. The zero-order chi connectivity index (χ0) is 10.8. The summed E-state index contributed by atoms with van der Waals surface area (Å²) in [5.41, 5.74) is 0.838. The third-order valence-corrected chi connectivity index (χ3v) is 2.42. The summed E-state index contributed by atoms with van der Waals surface area (Å²) in [6.45, 7) is 2.06. The second-order valence-corrected chi connectivity index (χ2v) is 3.31. The molecule has 3 nitrogen and oxygen atoms in total. The average molecular weight is 206 g/mol. The molecule has 0 saturated heterocycles. The van der Waals surface area contributed by atoms with Crippen LogP contribution in [-0.4, -0.2) is 14.2 Å². The molecule has 2 rings (SSSR count). The lowest BCUT2D eigenvalue weighted by Gasteiger charge is -2.06. The highest BCUT2D eigenvalue weighted by molar-refractivity contribution is 5.82. The third-order valence-electron chi connectivity index (χ3n) is 2.42. The van der Waals surface area contributed by atoms with Gasteiger partial charge in [0.05, 0.1) is 14.2 Å². The molecule has 15 heavy (non-hydrogen) atoms. The minimum atomic E-state index is 0.696. The maximum Gasteiger partial charge on any atom is 0.164 e. The van der Waals surface area contributed by atoms with Crippen molar-refractivity contribution in [1.29, 1.82) is 0 Å². The van der Waals surface area contributed by atoms with Crippen molar-refractivity contribution in [3.05, 3.63) is 24.0 Å². The van der Waals surface area contributed by atoms with E-state index in [9.17, 15) is 0 Å². The molecule has 0 spiro atoms. The Balaban J connectivity index is 2.61. The Morgan fingerprint density at radius 3 is 2.33 bits per heavy atom. The molecule has 1 aromatic carbocycles. The molecule has 80 valence electrons. The van der Waals surface area contributed by atoms with Gasteiger partial charge in [-0.05, 0) is 12.1 Å². The van der Waals surface area contributed by atoms with E-state index in [4.69, 9.17) is 13.9 Å². The van der Waals surface area contributed by atoms with E-state index in [0.717, 1.165) is 28.9 Å². The van der Waals surface area contributed by atoms with Gasteiger partial charge in [-0.1, -0.05) is 6.92 Å². The predicted molar refractivity (Wildman–Crippen MR) is 58.7 cm³/mol. The van der Waals surface area contributed by atoms with Gasteiger partial charge in [0.1, 0.15) is 11.3 Å². The van der Waals surface area contributed by atoms with Crippen LogP contribution in [0.4, 0.5) is 0 Å². The molecule has 1 heterocycles. The fourth-order valence-corrected chi connectivity index (χ4v) is 1.60. The second-order valence-electron chi connectivity index (χ2n) is 3.31. The van der Waals surface area contributed by atoms with Gasteiger partial charge in [0.2, 0.25) is 0 Å². The first kappa shape index (κ1) is 9.90. The Morgan fingerprint density at radius 1 is 1.07 bits per heavy atom. The number of rotatable bonds is 3. The Bertz CT molecular complexity index is 430. The molecule has 0 N–H and O–H groups in total. The number of hydrogen-bond donors (Lipinski definition) is 0. The summed E-state index contributed by atoms with van der Waals surface area (Å²) >= 11 is 0. The normalized spacial score (nSPS) is 10.6. The van der Waals surface area contributed by atoms with Crippen molar-refractivity contribution in [2.75, 3.05) is 14.2 Å². The van der Waals surface area contributed by atoms with Crippen LogP contribution in [0.2, 0.25) is 0 Å². The van der Waals surface area contributed by atoms with E-state index >= 15 is 0 Å². The first-order valence-corrected chi connectivity index (χ1v) is 4.93. The Labute approximate surface area is 88.6 Å². The van der Waals surface area contributed by atoms with E-state index in [-0.39, 0.29) is 0 Å². The van der Waals surface area contributed by atoms with Gasteiger partial charge in [-0.2, -0.15) is 0 Å². The monoisotopic (exact) mass is 206 g/mol. The molecular weight excluding hydrogens is 192 g/mol. The molecule has 0 unspecified atom stereocenters. The average Bonchev–Trinajstić information content (AvgIpc) is 2.68. The highest BCUT2D eigenvalue weighted by Gasteiger charge is 2.09. The summed E-state index contributed by atoms with van der Waals surface area (Å²) < 4.78 is 16.0. The van der Waals surface area contributed by atoms with Crippen LogP contribution in [0.3, 0.4) is 0 Å². The Kier molecular flexibility index (Phi) is 2.54. The van der Waals surface area contributed by atoms with Gasteiger partial charge in [-0.15, -0.1) is 0 Å². The van der Waals surface area contributed by atoms with E-state index in [1.165, 1.54) is 0 Å². The van der Waals surface area contributed by atoms with E-state index < -0.39 is 0 Å². The van der Waals surface area contributed by atoms with Gasteiger partial charge in [0, 0.05) is 17.9 Å². The first-order chi connectivity index (χ1) is 7.28. The maximum atomic E-state index is 5.62. The Hall–Kier alpha value is -1.64. The highest BCUT2D eigenvalue weighted by Crippen LogP contribution is 2.33. The summed E-state index contributed by atoms with van der Waals surface area (Å²) in [7, 11) is 3.25. The van der Waals surface area contributed by atoms with Crippen LogP contribution in [0.1, 0.15) is 12.7 Å². The van der Waals surface area contributed by atoms with Gasteiger partial charge in [0.15, 0.2) is 11.5 Å². The van der Waals surface area contributed by atoms with E-state index in [0.29, 0.717) is 5.75 Å². The highest BCUT2D eigenvalue weighted by atomic mass is 16.5. The third kappa shape index (κ3) is 1.65. The number of fused-ring (bicyclic) bond motifs is 1. The standard InChI is InChI=1S/C12H14O3/c1-4-9-5-8-6-11(13-2)12(14-3)7-10(8)15-9/h5-7H,4H2,1-3H3. The van der Waals surface area contributed by atoms with E-state index in [1.807, 2.05) is 18.2 Å². The smallest absolute Gasteiger partial charge is 0.164 e. The number of ether oxygens (including phenoxy) is 2. The van der Waals surface area contributed by atoms with E-state index in [2.05, 4.69) is 6.92 Å². The maximum absolute atomic E-state index is 5.62. The van der Waals surface area contributed by atoms with Crippen molar-refractivity contribution >= 4 is 11.0 Å². The van der Waals surface area contributed by atoms with Crippen LogP contribution < -0.4 is 9.47 Å². The van der Waals surface area contributed by atoms with Crippen molar-refractivity contribution in [3.8, 4) is 11.5 Å². The number of aryl methyl sites for hydroxylation is 1. The van der Waals surface area contributed by atoms with Crippen LogP contribution in [0.5, 0.6) is 11.5 Å². The lowest BCUT2D eigenvalue weighted by molar-refractivity contribution is 0.355. The largest absolute Gasteiger partial charge is 0.493 e. The molecule has 3 heteroatoms. The number of furan rings is 1. The molecule has 2 aromatic rings. The minimum absolute atomic E-state index is 0.696. The van der Waals surface area contributed by atoms with Crippen molar-refractivity contribution in [2.45, 2.75) is 13.3 Å². The summed E-state index contributed by atoms with van der Waals surface area (Å²) in [5.74, 6) is 2.40. The molecule has 0 aliphatic heterocycles. The summed E-state index contributed by atoms with van der Waals surface area (Å²) in [6.07, 6.45) is 0.888. The number of benzene rings is 1. The second kappa shape index (κ2) is 3.85. The molecule has 0 radical (unpaired) electrons. The summed E-state index contributed by atoms with van der Waals surface area (Å²) in [5, 5.41) is 1.05. The van der Waals surface area contributed by atoms with Crippen molar-refractivity contribution in [2.24, 2.45) is 0 Å². The topological polar surface area (TPSA) is 31.6 Å². The molecule has 0 aliphatic carbocycles. The van der Waals surface area contributed by atoms with Crippen LogP contribution in [0, 0.1) is 0 Å². The Morgan fingerprint density at radius 2 is 1.73 bits per heavy atom. The zero-order valence-corrected chi connectivity index (χ0v) is 9.16. The number of hydrogen-bond acceptors (Lipinski definition) is 3. The fourth-order valence-electron chi connectivity index (χ4n) is 1.60. The van der Waals surface area contributed by atoms with Gasteiger partial charge in [-0.3, -0.25) is 0 Å². The van der Waals surface area contributed by atoms with Gasteiger partial charge < -0.3 is 13.9 Å². The lowest BCUT2D eigenvalue weighted by Crippen LogP contribution is -1.89.